The largest absolute Gasteiger partial charge is 0.240 e. The van der Waals surface area contributed by atoms with Crippen molar-refractivity contribution in [3.8, 4) is 11.4 Å². The SMILES string of the molecule is CNS(=O)(=O)c1ccc(-c2nn[nH]n2)cc1. The number of tetrazole rings is 1. The van der Waals surface area contributed by atoms with Crippen LogP contribution in [0.4, 0.5) is 0 Å². The number of sulfonamides is 1. The van der Waals surface area contributed by atoms with E-state index in [0.717, 1.165) is 0 Å². The highest BCUT2D eigenvalue weighted by molar-refractivity contribution is 7.89. The van der Waals surface area contributed by atoms with Crippen LogP contribution in [0.3, 0.4) is 0 Å². The standard InChI is InChI=1S/C8H9N5O2S/c1-9-16(14,15)7-4-2-6(3-5-7)8-10-12-13-11-8/h2-5,9H,1H3,(H,10,11,12,13). The number of hydrogen-bond acceptors (Lipinski definition) is 5. The van der Waals surface area contributed by atoms with E-state index in [1.165, 1.54) is 19.2 Å². The molecular weight excluding hydrogens is 230 g/mol. The summed E-state index contributed by atoms with van der Waals surface area (Å²) in [5, 5.41) is 13.3. The van der Waals surface area contributed by atoms with Crippen LogP contribution in [0.5, 0.6) is 0 Å². The molecule has 2 N–H and O–H groups in total. The summed E-state index contributed by atoms with van der Waals surface area (Å²) in [5.74, 6) is 0.424. The first-order valence-electron chi connectivity index (χ1n) is 4.41. The normalized spacial score (nSPS) is 11.6. The van der Waals surface area contributed by atoms with Gasteiger partial charge in [-0.15, -0.1) is 10.2 Å². The summed E-state index contributed by atoms with van der Waals surface area (Å²) in [7, 11) is -2.03. The fraction of sp³-hybridized carbons (Fsp3) is 0.125. The Balaban J connectivity index is 2.38. The minimum Gasteiger partial charge on any atom is -0.214 e. The van der Waals surface area contributed by atoms with Crippen molar-refractivity contribution in [3.05, 3.63) is 24.3 Å². The first-order valence-corrected chi connectivity index (χ1v) is 5.89. The molecule has 0 fully saturated rings. The molecule has 2 aromatic rings. The monoisotopic (exact) mass is 239 g/mol. The molecule has 0 saturated carbocycles. The van der Waals surface area contributed by atoms with Crippen LogP contribution in [0.15, 0.2) is 29.2 Å². The summed E-state index contributed by atoms with van der Waals surface area (Å²) in [6, 6.07) is 6.21. The van der Waals surface area contributed by atoms with Crippen LogP contribution in [-0.2, 0) is 10.0 Å². The average molecular weight is 239 g/mol. The number of hydrogen-bond donors (Lipinski definition) is 2. The zero-order chi connectivity index (χ0) is 11.6. The lowest BCUT2D eigenvalue weighted by Gasteiger charge is -2.02. The summed E-state index contributed by atoms with van der Waals surface area (Å²) in [5.41, 5.74) is 0.698. The number of nitrogens with one attached hydrogen (secondary N) is 2. The van der Waals surface area contributed by atoms with Gasteiger partial charge in [0.1, 0.15) is 0 Å². The minimum absolute atomic E-state index is 0.197. The molecule has 0 aliphatic carbocycles. The lowest BCUT2D eigenvalue weighted by Crippen LogP contribution is -2.18. The molecule has 1 aromatic heterocycles. The lowest BCUT2D eigenvalue weighted by molar-refractivity contribution is 0.588. The summed E-state index contributed by atoms with van der Waals surface area (Å²) >= 11 is 0. The molecule has 0 bridgehead atoms. The predicted octanol–water partition coefficient (Wildman–Crippen LogP) is -0.225. The summed E-state index contributed by atoms with van der Waals surface area (Å²) in [6.07, 6.45) is 0. The molecule has 1 aromatic carbocycles. The first-order chi connectivity index (χ1) is 7.63. The molecule has 84 valence electrons. The highest BCUT2D eigenvalue weighted by Gasteiger charge is 2.11. The molecule has 0 spiro atoms. The van der Waals surface area contributed by atoms with Gasteiger partial charge in [0.05, 0.1) is 4.90 Å². The number of aromatic nitrogens is 4. The lowest BCUT2D eigenvalue weighted by atomic mass is 10.2. The second kappa shape index (κ2) is 3.99. The van der Waals surface area contributed by atoms with E-state index in [4.69, 9.17) is 0 Å². The molecule has 2 rings (SSSR count). The zero-order valence-corrected chi connectivity index (χ0v) is 9.19. The second-order valence-corrected chi connectivity index (χ2v) is 4.85. The molecule has 16 heavy (non-hydrogen) atoms. The zero-order valence-electron chi connectivity index (χ0n) is 8.38. The van der Waals surface area contributed by atoms with Gasteiger partial charge in [-0.3, -0.25) is 0 Å². The fourth-order valence-corrected chi connectivity index (χ4v) is 1.92. The number of nitrogens with zero attached hydrogens (tertiary/aromatic N) is 3. The topological polar surface area (TPSA) is 101 Å². The maximum atomic E-state index is 11.4. The van der Waals surface area contributed by atoms with E-state index < -0.39 is 10.0 Å². The Morgan fingerprint density at radius 2 is 1.94 bits per heavy atom. The van der Waals surface area contributed by atoms with E-state index in [0.29, 0.717) is 11.4 Å². The number of H-pyrrole nitrogens is 1. The molecule has 0 unspecified atom stereocenters. The van der Waals surface area contributed by atoms with Gasteiger partial charge in [-0.25, -0.2) is 13.1 Å². The van der Waals surface area contributed by atoms with Gasteiger partial charge in [-0.05, 0) is 36.5 Å². The maximum Gasteiger partial charge on any atom is 0.240 e. The number of rotatable bonds is 3. The molecule has 7 nitrogen and oxygen atoms in total. The van der Waals surface area contributed by atoms with Gasteiger partial charge in [0.15, 0.2) is 0 Å². The van der Waals surface area contributed by atoms with Crippen molar-refractivity contribution in [3.63, 3.8) is 0 Å². The van der Waals surface area contributed by atoms with E-state index >= 15 is 0 Å². The number of benzene rings is 1. The second-order valence-electron chi connectivity index (χ2n) is 2.97. The smallest absolute Gasteiger partial charge is 0.214 e. The van der Waals surface area contributed by atoms with Crippen LogP contribution in [0.25, 0.3) is 11.4 Å². The Bertz CT molecular complexity index is 561. The van der Waals surface area contributed by atoms with Crippen LogP contribution < -0.4 is 4.72 Å². The van der Waals surface area contributed by atoms with E-state index in [1.807, 2.05) is 0 Å². The van der Waals surface area contributed by atoms with Crippen molar-refractivity contribution in [2.24, 2.45) is 0 Å². The van der Waals surface area contributed by atoms with Crippen molar-refractivity contribution in [1.82, 2.24) is 25.3 Å². The van der Waals surface area contributed by atoms with Gasteiger partial charge in [0.2, 0.25) is 15.8 Å². The Kier molecular flexibility index (Phi) is 2.67. The fourth-order valence-electron chi connectivity index (χ4n) is 1.19. The van der Waals surface area contributed by atoms with E-state index in [1.54, 1.807) is 12.1 Å². The van der Waals surface area contributed by atoms with Crippen LogP contribution >= 0.6 is 0 Å². The van der Waals surface area contributed by atoms with Crippen LogP contribution in [0.1, 0.15) is 0 Å². The van der Waals surface area contributed by atoms with Crippen molar-refractivity contribution in [2.45, 2.75) is 4.90 Å². The molecule has 1 heterocycles. The molecule has 0 saturated heterocycles. The van der Waals surface area contributed by atoms with Gasteiger partial charge < -0.3 is 0 Å². The number of aromatic amines is 1. The highest BCUT2D eigenvalue weighted by Crippen LogP contribution is 2.16. The van der Waals surface area contributed by atoms with Gasteiger partial charge >= 0.3 is 0 Å². The maximum absolute atomic E-state index is 11.4. The van der Waals surface area contributed by atoms with E-state index in [2.05, 4.69) is 25.3 Å². The average Bonchev–Trinajstić information content (AvgIpc) is 2.83. The van der Waals surface area contributed by atoms with Crippen molar-refractivity contribution >= 4 is 10.0 Å². The third-order valence-corrected chi connectivity index (χ3v) is 3.47. The third-order valence-electron chi connectivity index (χ3n) is 2.04. The van der Waals surface area contributed by atoms with Crippen molar-refractivity contribution in [1.29, 1.82) is 0 Å². The van der Waals surface area contributed by atoms with Crippen LogP contribution in [0.2, 0.25) is 0 Å². The third kappa shape index (κ3) is 1.92. The molecule has 0 aliphatic heterocycles. The molecule has 0 amide bonds. The minimum atomic E-state index is -3.40. The Morgan fingerprint density at radius 1 is 1.25 bits per heavy atom. The van der Waals surface area contributed by atoms with Crippen molar-refractivity contribution < 1.29 is 8.42 Å². The summed E-state index contributed by atoms with van der Waals surface area (Å²) in [6.45, 7) is 0. The van der Waals surface area contributed by atoms with Crippen molar-refractivity contribution in [2.75, 3.05) is 7.05 Å². The van der Waals surface area contributed by atoms with Crippen LogP contribution in [-0.4, -0.2) is 36.1 Å². The van der Waals surface area contributed by atoms with Crippen LogP contribution in [0, 0.1) is 0 Å². The van der Waals surface area contributed by atoms with Gasteiger partial charge in [0, 0.05) is 5.56 Å². The summed E-state index contributed by atoms with van der Waals surface area (Å²) in [4.78, 5) is 0.197. The quantitative estimate of drug-likeness (QED) is 0.770. The van der Waals surface area contributed by atoms with E-state index in [9.17, 15) is 8.42 Å². The molecule has 8 heteroatoms. The Morgan fingerprint density at radius 3 is 2.44 bits per heavy atom. The Labute approximate surface area is 91.9 Å². The van der Waals surface area contributed by atoms with Gasteiger partial charge in [-0.2, -0.15) is 5.21 Å². The molecule has 0 aliphatic rings. The molecule has 0 atom stereocenters. The Hall–Kier alpha value is -1.80. The van der Waals surface area contributed by atoms with Gasteiger partial charge in [-0.1, -0.05) is 0 Å². The molecular formula is C8H9N5O2S. The first kappa shape index (κ1) is 10.7. The summed E-state index contributed by atoms with van der Waals surface area (Å²) < 4.78 is 25.1. The van der Waals surface area contributed by atoms with Gasteiger partial charge in [0.25, 0.3) is 0 Å². The highest BCUT2D eigenvalue weighted by atomic mass is 32.2. The van der Waals surface area contributed by atoms with E-state index in [-0.39, 0.29) is 4.90 Å². The molecule has 0 radical (unpaired) electrons. The predicted molar refractivity (Wildman–Crippen MR) is 55.9 cm³/mol.